The first-order valence-corrected chi connectivity index (χ1v) is 6.85. The Bertz CT molecular complexity index is 388. The van der Waals surface area contributed by atoms with Gasteiger partial charge in [0, 0.05) is 30.1 Å². The number of nitrogen functional groups attached to an aromatic ring is 1. The van der Waals surface area contributed by atoms with E-state index in [-0.39, 0.29) is 11.9 Å². The molecule has 0 aliphatic heterocycles. The van der Waals surface area contributed by atoms with Crippen molar-refractivity contribution in [1.29, 1.82) is 0 Å². The fraction of sp³-hybridized carbons (Fsp3) is 0.500. The molecule has 1 aromatic rings. The Balaban J connectivity index is 2.88. The lowest BCUT2D eigenvalue weighted by Crippen LogP contribution is -2.36. The van der Waals surface area contributed by atoms with Crippen LogP contribution in [-0.4, -0.2) is 40.9 Å². The molecule has 1 atom stereocenters. The first kappa shape index (κ1) is 13.8. The van der Waals surface area contributed by atoms with Gasteiger partial charge in [0.25, 0.3) is 5.91 Å². The maximum atomic E-state index is 12.2. The summed E-state index contributed by atoms with van der Waals surface area (Å²) < 4.78 is 0. The lowest BCUT2D eigenvalue weighted by atomic mass is 10.2. The standard InChI is InChI=1S/C12H19N3OS/c1-8-5-10(6-11(13)14-8)12(16)15(3)9(2)7-17-4/h5-6,9H,7H2,1-4H3,(H2,13,14). The number of hydrogen-bond donors (Lipinski definition) is 1. The van der Waals surface area contributed by atoms with Gasteiger partial charge in [-0.1, -0.05) is 0 Å². The van der Waals surface area contributed by atoms with Gasteiger partial charge in [-0.05, 0) is 32.2 Å². The van der Waals surface area contributed by atoms with Gasteiger partial charge in [-0.15, -0.1) is 0 Å². The van der Waals surface area contributed by atoms with Crippen LogP contribution < -0.4 is 5.73 Å². The van der Waals surface area contributed by atoms with Gasteiger partial charge in [-0.25, -0.2) is 4.98 Å². The fourth-order valence-electron chi connectivity index (χ4n) is 1.57. The highest BCUT2D eigenvalue weighted by molar-refractivity contribution is 7.98. The third-order valence-corrected chi connectivity index (χ3v) is 3.43. The van der Waals surface area contributed by atoms with Crippen LogP contribution in [0.25, 0.3) is 0 Å². The van der Waals surface area contributed by atoms with Crippen LogP contribution in [0, 0.1) is 6.92 Å². The Morgan fingerprint density at radius 2 is 2.24 bits per heavy atom. The number of hydrogen-bond acceptors (Lipinski definition) is 4. The van der Waals surface area contributed by atoms with Crippen molar-refractivity contribution in [3.8, 4) is 0 Å². The van der Waals surface area contributed by atoms with E-state index in [1.807, 2.05) is 27.2 Å². The first-order chi connectivity index (χ1) is 7.95. The van der Waals surface area contributed by atoms with Gasteiger partial charge < -0.3 is 10.6 Å². The number of thioether (sulfide) groups is 1. The Labute approximate surface area is 107 Å². The fourth-order valence-corrected chi connectivity index (χ4v) is 2.28. The predicted molar refractivity (Wildman–Crippen MR) is 73.3 cm³/mol. The summed E-state index contributed by atoms with van der Waals surface area (Å²) in [4.78, 5) is 18.0. The monoisotopic (exact) mass is 253 g/mol. The van der Waals surface area contributed by atoms with E-state index in [2.05, 4.69) is 4.98 Å². The van der Waals surface area contributed by atoms with E-state index in [9.17, 15) is 4.79 Å². The van der Waals surface area contributed by atoms with Crippen LogP contribution in [0.15, 0.2) is 12.1 Å². The number of nitrogens with zero attached hydrogens (tertiary/aromatic N) is 2. The van der Waals surface area contributed by atoms with Gasteiger partial charge >= 0.3 is 0 Å². The summed E-state index contributed by atoms with van der Waals surface area (Å²) in [6.45, 7) is 3.87. The summed E-state index contributed by atoms with van der Waals surface area (Å²) >= 11 is 1.73. The van der Waals surface area contributed by atoms with Crippen molar-refractivity contribution in [2.24, 2.45) is 0 Å². The number of rotatable bonds is 4. The van der Waals surface area contributed by atoms with E-state index in [0.717, 1.165) is 11.4 Å². The third-order valence-electron chi connectivity index (χ3n) is 2.61. The molecule has 0 aliphatic rings. The van der Waals surface area contributed by atoms with Crippen molar-refractivity contribution in [2.45, 2.75) is 19.9 Å². The van der Waals surface area contributed by atoms with Crippen molar-refractivity contribution >= 4 is 23.5 Å². The number of nitrogens with two attached hydrogens (primary N) is 1. The van der Waals surface area contributed by atoms with Crippen LogP contribution in [-0.2, 0) is 0 Å². The van der Waals surface area contributed by atoms with Gasteiger partial charge in [0.2, 0.25) is 0 Å². The molecule has 0 aromatic carbocycles. The highest BCUT2D eigenvalue weighted by Crippen LogP contribution is 2.12. The van der Waals surface area contributed by atoms with Crippen molar-refractivity contribution in [1.82, 2.24) is 9.88 Å². The van der Waals surface area contributed by atoms with Crippen molar-refractivity contribution in [2.75, 3.05) is 24.8 Å². The van der Waals surface area contributed by atoms with Crippen LogP contribution in [0.3, 0.4) is 0 Å². The highest BCUT2D eigenvalue weighted by Gasteiger charge is 2.17. The summed E-state index contributed by atoms with van der Waals surface area (Å²) in [7, 11) is 1.81. The van der Waals surface area contributed by atoms with E-state index in [1.165, 1.54) is 0 Å². The summed E-state index contributed by atoms with van der Waals surface area (Å²) in [5, 5.41) is 0. The summed E-state index contributed by atoms with van der Waals surface area (Å²) in [6.07, 6.45) is 2.03. The molecule has 1 unspecified atom stereocenters. The Kier molecular flexibility index (Phi) is 4.81. The highest BCUT2D eigenvalue weighted by atomic mass is 32.2. The van der Waals surface area contributed by atoms with Crippen LogP contribution in [0.5, 0.6) is 0 Å². The average Bonchev–Trinajstić information content (AvgIpc) is 2.26. The molecule has 0 saturated heterocycles. The van der Waals surface area contributed by atoms with Gasteiger partial charge in [-0.2, -0.15) is 11.8 Å². The molecule has 4 nitrogen and oxygen atoms in total. The number of aryl methyl sites for hydroxylation is 1. The second kappa shape index (κ2) is 5.91. The molecule has 0 radical (unpaired) electrons. The number of anilines is 1. The van der Waals surface area contributed by atoms with Crippen LogP contribution in [0.1, 0.15) is 23.0 Å². The number of pyridine rings is 1. The van der Waals surface area contributed by atoms with E-state index in [1.54, 1.807) is 28.8 Å². The largest absolute Gasteiger partial charge is 0.384 e. The lowest BCUT2D eigenvalue weighted by Gasteiger charge is -2.24. The molecule has 0 aliphatic carbocycles. The van der Waals surface area contributed by atoms with Gasteiger partial charge in [0.1, 0.15) is 5.82 Å². The van der Waals surface area contributed by atoms with Gasteiger partial charge in [0.05, 0.1) is 0 Å². The molecule has 5 heteroatoms. The SMILES string of the molecule is CSCC(C)N(C)C(=O)c1cc(C)nc(N)c1. The normalized spacial score (nSPS) is 12.2. The summed E-state index contributed by atoms with van der Waals surface area (Å²) in [5.74, 6) is 1.30. The van der Waals surface area contributed by atoms with E-state index in [0.29, 0.717) is 11.4 Å². The molecular weight excluding hydrogens is 234 g/mol. The zero-order chi connectivity index (χ0) is 13.0. The predicted octanol–water partition coefficient (Wildman–Crippen LogP) is 1.80. The van der Waals surface area contributed by atoms with Crippen molar-refractivity contribution < 1.29 is 4.79 Å². The molecular formula is C12H19N3OS. The van der Waals surface area contributed by atoms with E-state index >= 15 is 0 Å². The summed E-state index contributed by atoms with van der Waals surface area (Å²) in [5.41, 5.74) is 7.01. The maximum Gasteiger partial charge on any atom is 0.254 e. The van der Waals surface area contributed by atoms with Gasteiger partial charge in [0.15, 0.2) is 0 Å². The molecule has 0 fully saturated rings. The van der Waals surface area contributed by atoms with Crippen LogP contribution in [0.2, 0.25) is 0 Å². The van der Waals surface area contributed by atoms with Crippen LogP contribution >= 0.6 is 11.8 Å². The number of aromatic nitrogens is 1. The molecule has 2 N–H and O–H groups in total. The Hall–Kier alpha value is -1.23. The second-order valence-corrected chi connectivity index (χ2v) is 5.05. The smallest absolute Gasteiger partial charge is 0.254 e. The van der Waals surface area contributed by atoms with E-state index < -0.39 is 0 Å². The molecule has 0 spiro atoms. The minimum Gasteiger partial charge on any atom is -0.384 e. The molecule has 1 rings (SSSR count). The number of amides is 1. The molecule has 1 heterocycles. The van der Waals surface area contributed by atoms with Crippen molar-refractivity contribution in [3.63, 3.8) is 0 Å². The zero-order valence-electron chi connectivity index (χ0n) is 10.7. The lowest BCUT2D eigenvalue weighted by molar-refractivity contribution is 0.0757. The van der Waals surface area contributed by atoms with Crippen LogP contribution in [0.4, 0.5) is 5.82 Å². The quantitative estimate of drug-likeness (QED) is 0.889. The molecule has 0 bridgehead atoms. The van der Waals surface area contributed by atoms with E-state index in [4.69, 9.17) is 5.73 Å². The second-order valence-electron chi connectivity index (χ2n) is 4.14. The Morgan fingerprint density at radius 3 is 2.76 bits per heavy atom. The minimum absolute atomic E-state index is 0.0104. The molecule has 94 valence electrons. The van der Waals surface area contributed by atoms with Gasteiger partial charge in [-0.3, -0.25) is 4.79 Å². The topological polar surface area (TPSA) is 59.2 Å². The summed E-state index contributed by atoms with van der Waals surface area (Å²) in [6, 6.07) is 3.59. The maximum absolute atomic E-state index is 12.2. The van der Waals surface area contributed by atoms with Crippen molar-refractivity contribution in [3.05, 3.63) is 23.4 Å². The molecule has 1 aromatic heterocycles. The number of carbonyl (C=O) groups excluding carboxylic acids is 1. The molecule has 0 saturated carbocycles. The average molecular weight is 253 g/mol. The Morgan fingerprint density at radius 1 is 1.59 bits per heavy atom. The zero-order valence-corrected chi connectivity index (χ0v) is 11.5. The molecule has 17 heavy (non-hydrogen) atoms. The minimum atomic E-state index is -0.0104. The number of carbonyl (C=O) groups is 1. The third kappa shape index (κ3) is 3.63. The molecule has 1 amide bonds. The first-order valence-electron chi connectivity index (χ1n) is 5.46.